The van der Waals surface area contributed by atoms with E-state index in [9.17, 15) is 19.2 Å². The van der Waals surface area contributed by atoms with E-state index < -0.39 is 17.2 Å². The van der Waals surface area contributed by atoms with Crippen molar-refractivity contribution >= 4 is 40.4 Å². The van der Waals surface area contributed by atoms with Crippen LogP contribution >= 0.6 is 11.8 Å². The Morgan fingerprint density at radius 1 is 1.06 bits per heavy atom. The van der Waals surface area contributed by atoms with E-state index >= 15 is 0 Å². The lowest BCUT2D eigenvalue weighted by atomic mass is 10.2. The van der Waals surface area contributed by atoms with Gasteiger partial charge in [-0.2, -0.15) is 0 Å². The van der Waals surface area contributed by atoms with Gasteiger partial charge in [0.05, 0.1) is 17.9 Å². The van der Waals surface area contributed by atoms with E-state index in [2.05, 4.69) is 15.3 Å². The number of ether oxygens (including phenoxy) is 1. The molecule has 0 saturated heterocycles. The first-order chi connectivity index (χ1) is 15.3. The molecule has 11 heteroatoms. The molecule has 10 nitrogen and oxygen atoms in total. The summed E-state index contributed by atoms with van der Waals surface area (Å²) >= 11 is 1.09. The van der Waals surface area contributed by atoms with E-state index in [0.717, 1.165) is 16.3 Å². The number of nitrogens with one attached hydrogen (secondary N) is 1. The molecule has 3 rings (SSSR count). The molecule has 32 heavy (non-hydrogen) atoms. The highest BCUT2D eigenvalue weighted by atomic mass is 32.2. The van der Waals surface area contributed by atoms with Gasteiger partial charge in [-0.1, -0.05) is 18.7 Å². The molecule has 0 bridgehead atoms. The summed E-state index contributed by atoms with van der Waals surface area (Å²) in [4.78, 5) is 57.9. The van der Waals surface area contributed by atoms with Crippen LogP contribution in [0.25, 0.3) is 11.0 Å². The Morgan fingerprint density at radius 3 is 2.38 bits per heavy atom. The zero-order valence-electron chi connectivity index (χ0n) is 18.2. The number of hydrogen-bond acceptors (Lipinski definition) is 8. The van der Waals surface area contributed by atoms with E-state index in [4.69, 9.17) is 4.74 Å². The lowest BCUT2D eigenvalue weighted by Crippen LogP contribution is -2.37. The van der Waals surface area contributed by atoms with Crippen LogP contribution < -0.4 is 16.6 Å². The first-order valence-electron chi connectivity index (χ1n) is 9.93. The molecule has 1 N–H and O–H groups in total. The molecule has 168 valence electrons. The quantitative estimate of drug-likeness (QED) is 0.321. The van der Waals surface area contributed by atoms with Gasteiger partial charge in [0.15, 0.2) is 5.65 Å². The molecule has 3 aromatic rings. The van der Waals surface area contributed by atoms with Gasteiger partial charge in [-0.25, -0.2) is 19.6 Å². The smallest absolute Gasteiger partial charge is 0.338 e. The molecule has 0 aliphatic heterocycles. The lowest BCUT2D eigenvalue weighted by Gasteiger charge is -2.11. The fourth-order valence-electron chi connectivity index (χ4n) is 2.97. The molecule has 0 atom stereocenters. The van der Waals surface area contributed by atoms with Gasteiger partial charge in [-0.3, -0.25) is 18.7 Å². The third-order valence-electron chi connectivity index (χ3n) is 4.65. The van der Waals surface area contributed by atoms with Crippen LogP contribution in [0.15, 0.2) is 38.9 Å². The number of carbonyl (C=O) groups is 2. The number of anilines is 1. The summed E-state index contributed by atoms with van der Waals surface area (Å²) in [5.41, 5.74) is 0.151. The average Bonchev–Trinajstić information content (AvgIpc) is 2.80. The van der Waals surface area contributed by atoms with E-state index in [1.54, 1.807) is 31.2 Å². The van der Waals surface area contributed by atoms with Gasteiger partial charge in [-0.05, 0) is 31.2 Å². The van der Waals surface area contributed by atoms with Crippen molar-refractivity contribution in [3.05, 3.63) is 56.5 Å². The van der Waals surface area contributed by atoms with Crippen LogP contribution in [0.4, 0.5) is 5.69 Å². The Morgan fingerprint density at radius 2 is 1.75 bits per heavy atom. The van der Waals surface area contributed by atoms with Crippen molar-refractivity contribution in [2.75, 3.05) is 17.7 Å². The predicted molar refractivity (Wildman–Crippen MR) is 121 cm³/mol. The van der Waals surface area contributed by atoms with Gasteiger partial charge in [-0.15, -0.1) is 0 Å². The Kier molecular flexibility index (Phi) is 7.08. The first kappa shape index (κ1) is 23.2. The highest BCUT2D eigenvalue weighted by Gasteiger charge is 2.18. The van der Waals surface area contributed by atoms with E-state index in [-0.39, 0.29) is 29.3 Å². The van der Waals surface area contributed by atoms with E-state index in [1.807, 2.05) is 6.92 Å². The fraction of sp³-hybridized carbons (Fsp3) is 0.333. The average molecular weight is 458 g/mol. The zero-order valence-corrected chi connectivity index (χ0v) is 19.0. The number of benzene rings is 1. The van der Waals surface area contributed by atoms with Crippen molar-refractivity contribution in [1.82, 2.24) is 19.1 Å². The second kappa shape index (κ2) is 9.77. The van der Waals surface area contributed by atoms with Crippen LogP contribution in [0.1, 0.15) is 30.0 Å². The number of amides is 1. The number of esters is 1. The molecule has 2 aromatic heterocycles. The molecule has 0 radical (unpaired) electrons. The summed E-state index contributed by atoms with van der Waals surface area (Å²) < 4.78 is 7.23. The maximum Gasteiger partial charge on any atom is 0.338 e. The number of hydrogen-bond donors (Lipinski definition) is 1. The molecule has 0 saturated carbocycles. The van der Waals surface area contributed by atoms with Crippen molar-refractivity contribution in [3.8, 4) is 0 Å². The van der Waals surface area contributed by atoms with Gasteiger partial charge in [0, 0.05) is 26.2 Å². The summed E-state index contributed by atoms with van der Waals surface area (Å²) in [5, 5.41) is 3.28. The normalized spacial score (nSPS) is 10.9. The number of fused-ring (bicyclic) bond motifs is 1. The number of thioether (sulfide) groups is 1. The standard InChI is InChI=1S/C21H23N5O5S/c1-5-14-23-17-16(19(28)26(4)21(30)25(17)3)18(24-14)32-11-15(27)22-13-9-7-12(8-10-13)20(29)31-6-2/h7-10H,5-6,11H2,1-4H3,(H,22,27). The molecule has 0 fully saturated rings. The minimum Gasteiger partial charge on any atom is -0.462 e. The molecule has 2 heterocycles. The van der Waals surface area contributed by atoms with Crippen LogP contribution in [0.5, 0.6) is 0 Å². The van der Waals surface area contributed by atoms with Gasteiger partial charge >= 0.3 is 11.7 Å². The van der Waals surface area contributed by atoms with Gasteiger partial charge in [0.1, 0.15) is 16.2 Å². The second-order valence-corrected chi connectivity index (χ2v) is 7.80. The highest BCUT2D eigenvalue weighted by molar-refractivity contribution is 8.00. The van der Waals surface area contributed by atoms with Crippen LogP contribution in [0.3, 0.4) is 0 Å². The topological polar surface area (TPSA) is 125 Å². The summed E-state index contributed by atoms with van der Waals surface area (Å²) in [5.74, 6) is -0.288. The van der Waals surface area contributed by atoms with Crippen molar-refractivity contribution < 1.29 is 14.3 Å². The maximum atomic E-state index is 12.7. The van der Waals surface area contributed by atoms with Gasteiger partial charge in [0.25, 0.3) is 5.56 Å². The molecule has 0 spiro atoms. The van der Waals surface area contributed by atoms with Crippen LogP contribution in [-0.2, 0) is 30.0 Å². The maximum absolute atomic E-state index is 12.7. The van der Waals surface area contributed by atoms with Crippen LogP contribution in [0, 0.1) is 0 Å². The van der Waals surface area contributed by atoms with Crippen molar-refractivity contribution in [2.45, 2.75) is 25.3 Å². The van der Waals surface area contributed by atoms with Crippen LogP contribution in [-0.4, -0.2) is 43.3 Å². The Labute approximate surface area is 187 Å². The number of carbonyl (C=O) groups excluding carboxylic acids is 2. The largest absolute Gasteiger partial charge is 0.462 e. The van der Waals surface area contributed by atoms with Crippen LogP contribution in [0.2, 0.25) is 0 Å². The first-order valence-corrected chi connectivity index (χ1v) is 10.9. The van der Waals surface area contributed by atoms with Crippen molar-refractivity contribution in [3.63, 3.8) is 0 Å². The predicted octanol–water partition coefficient (Wildman–Crippen LogP) is 1.50. The lowest BCUT2D eigenvalue weighted by molar-refractivity contribution is -0.113. The Hall–Kier alpha value is -3.47. The molecule has 0 aliphatic rings. The second-order valence-electron chi connectivity index (χ2n) is 6.84. The Balaban J connectivity index is 1.81. The summed E-state index contributed by atoms with van der Waals surface area (Å²) in [6.45, 7) is 3.87. The van der Waals surface area contributed by atoms with E-state index in [1.165, 1.54) is 18.7 Å². The molecule has 1 aromatic carbocycles. The Bertz CT molecular complexity index is 1300. The molecular formula is C21H23N5O5S. The van der Waals surface area contributed by atoms with Crippen molar-refractivity contribution in [1.29, 1.82) is 0 Å². The number of nitrogens with zero attached hydrogens (tertiary/aromatic N) is 4. The molecule has 1 amide bonds. The number of aryl methyl sites for hydroxylation is 2. The summed E-state index contributed by atoms with van der Waals surface area (Å²) in [6, 6.07) is 6.35. The molecule has 0 unspecified atom stereocenters. The molecular weight excluding hydrogens is 434 g/mol. The zero-order chi connectivity index (χ0) is 23.4. The minimum absolute atomic E-state index is 0.0130. The van der Waals surface area contributed by atoms with E-state index in [0.29, 0.717) is 28.5 Å². The highest BCUT2D eigenvalue weighted by Crippen LogP contribution is 2.23. The van der Waals surface area contributed by atoms with Gasteiger partial charge in [0.2, 0.25) is 5.91 Å². The molecule has 0 aliphatic carbocycles. The number of aromatic nitrogens is 4. The third kappa shape index (κ3) is 4.72. The fourth-order valence-corrected chi connectivity index (χ4v) is 3.80. The SMILES string of the molecule is CCOC(=O)c1ccc(NC(=O)CSc2nc(CC)nc3c2c(=O)n(C)c(=O)n3C)cc1. The van der Waals surface area contributed by atoms with Gasteiger partial charge < -0.3 is 10.1 Å². The monoisotopic (exact) mass is 457 g/mol. The summed E-state index contributed by atoms with van der Waals surface area (Å²) in [7, 11) is 2.93. The number of rotatable bonds is 7. The minimum atomic E-state index is -0.511. The van der Waals surface area contributed by atoms with Crippen molar-refractivity contribution in [2.24, 2.45) is 14.1 Å². The summed E-state index contributed by atoms with van der Waals surface area (Å²) in [6.07, 6.45) is 0.506. The third-order valence-corrected chi connectivity index (χ3v) is 5.62.